The number of nitrogens with two attached hydrogens (primary N) is 2. The van der Waals surface area contributed by atoms with Crippen molar-refractivity contribution < 1.29 is 9.59 Å². The van der Waals surface area contributed by atoms with Crippen molar-refractivity contribution in [3.05, 3.63) is 35.4 Å². The van der Waals surface area contributed by atoms with Crippen LogP contribution in [0.15, 0.2) is 24.3 Å². The fourth-order valence-corrected chi connectivity index (χ4v) is 2.12. The van der Waals surface area contributed by atoms with Gasteiger partial charge in [-0.05, 0) is 30.5 Å². The van der Waals surface area contributed by atoms with Crippen molar-refractivity contribution >= 4 is 11.8 Å². The van der Waals surface area contributed by atoms with Crippen LogP contribution in [0, 0.1) is 5.92 Å². The lowest BCUT2D eigenvalue weighted by Crippen LogP contribution is -2.41. The summed E-state index contributed by atoms with van der Waals surface area (Å²) in [5, 5.41) is 0. The molecule has 20 heavy (non-hydrogen) atoms. The number of nitrogens with zero attached hydrogens (tertiary/aromatic N) is 1. The highest BCUT2D eigenvalue weighted by molar-refractivity contribution is 5.97. The summed E-state index contributed by atoms with van der Waals surface area (Å²) in [6, 6.07) is 7.34. The van der Waals surface area contributed by atoms with Crippen LogP contribution in [-0.4, -0.2) is 36.3 Å². The number of primary amides is 1. The molecule has 0 aliphatic rings. The first-order chi connectivity index (χ1) is 9.45. The molecule has 0 aliphatic heterocycles. The first-order valence-electron chi connectivity index (χ1n) is 6.81. The molecule has 0 atom stereocenters. The van der Waals surface area contributed by atoms with E-state index in [0.717, 1.165) is 5.56 Å². The molecule has 1 aromatic carbocycles. The maximum absolute atomic E-state index is 12.6. The van der Waals surface area contributed by atoms with Gasteiger partial charge in [0.05, 0.1) is 6.54 Å². The highest BCUT2D eigenvalue weighted by atomic mass is 16.2. The van der Waals surface area contributed by atoms with Crippen molar-refractivity contribution in [1.29, 1.82) is 0 Å². The topological polar surface area (TPSA) is 89.4 Å². The average Bonchev–Trinajstić information content (AvgIpc) is 2.37. The Morgan fingerprint density at radius 2 is 1.90 bits per heavy atom. The predicted octanol–water partition coefficient (Wildman–Crippen LogP) is 0.771. The van der Waals surface area contributed by atoms with E-state index in [4.69, 9.17) is 11.5 Å². The lowest BCUT2D eigenvalue weighted by molar-refractivity contribution is -0.118. The molecule has 5 nitrogen and oxygen atoms in total. The van der Waals surface area contributed by atoms with E-state index >= 15 is 0 Å². The van der Waals surface area contributed by atoms with Gasteiger partial charge in [0, 0.05) is 12.1 Å². The second-order valence-electron chi connectivity index (χ2n) is 5.24. The minimum Gasteiger partial charge on any atom is -0.368 e. The minimum absolute atomic E-state index is 0.0615. The summed E-state index contributed by atoms with van der Waals surface area (Å²) in [5.74, 6) is -0.406. The van der Waals surface area contributed by atoms with Gasteiger partial charge in [0.15, 0.2) is 0 Å². The SMILES string of the molecule is CC(C)CN(CC(N)=O)C(=O)c1ccccc1CCN. The molecule has 0 saturated heterocycles. The van der Waals surface area contributed by atoms with Gasteiger partial charge in [0.25, 0.3) is 5.91 Å². The Morgan fingerprint density at radius 1 is 1.25 bits per heavy atom. The van der Waals surface area contributed by atoms with Gasteiger partial charge in [0.1, 0.15) is 0 Å². The summed E-state index contributed by atoms with van der Waals surface area (Å²) < 4.78 is 0. The molecule has 4 N–H and O–H groups in total. The summed E-state index contributed by atoms with van der Waals surface area (Å²) in [5.41, 5.74) is 12.3. The predicted molar refractivity (Wildman–Crippen MR) is 79.1 cm³/mol. The third-order valence-electron chi connectivity index (χ3n) is 2.88. The number of carbonyl (C=O) groups is 2. The van der Waals surface area contributed by atoms with Crippen LogP contribution in [0.5, 0.6) is 0 Å². The summed E-state index contributed by atoms with van der Waals surface area (Å²) in [7, 11) is 0. The minimum atomic E-state index is -0.504. The van der Waals surface area contributed by atoms with Crippen molar-refractivity contribution in [2.24, 2.45) is 17.4 Å². The van der Waals surface area contributed by atoms with Gasteiger partial charge < -0.3 is 16.4 Å². The van der Waals surface area contributed by atoms with Crippen LogP contribution < -0.4 is 11.5 Å². The van der Waals surface area contributed by atoms with Crippen molar-refractivity contribution in [2.45, 2.75) is 20.3 Å². The fourth-order valence-electron chi connectivity index (χ4n) is 2.12. The molecule has 0 fully saturated rings. The summed E-state index contributed by atoms with van der Waals surface area (Å²) in [6.45, 7) is 4.90. The average molecular weight is 277 g/mol. The maximum Gasteiger partial charge on any atom is 0.254 e. The second-order valence-corrected chi connectivity index (χ2v) is 5.24. The summed E-state index contributed by atoms with van der Waals surface area (Å²) in [6.07, 6.45) is 0.633. The second kappa shape index (κ2) is 7.65. The Kier molecular flexibility index (Phi) is 6.18. The molecule has 0 aliphatic carbocycles. The largest absolute Gasteiger partial charge is 0.368 e. The van der Waals surface area contributed by atoms with Gasteiger partial charge in [-0.3, -0.25) is 9.59 Å². The van der Waals surface area contributed by atoms with Gasteiger partial charge in [0.2, 0.25) is 5.91 Å². The Morgan fingerprint density at radius 3 is 2.45 bits per heavy atom. The number of amides is 2. The standard InChI is InChI=1S/C15H23N3O2/c1-11(2)9-18(10-14(17)19)15(20)13-6-4-3-5-12(13)7-8-16/h3-6,11H,7-10,16H2,1-2H3,(H2,17,19). The molecule has 0 heterocycles. The first-order valence-corrected chi connectivity index (χ1v) is 6.81. The van der Waals surface area contributed by atoms with Crippen LogP contribution in [0.3, 0.4) is 0 Å². The molecule has 0 unspecified atom stereocenters. The first kappa shape index (κ1) is 16.2. The normalized spacial score (nSPS) is 10.6. The molecule has 2 amide bonds. The highest BCUT2D eigenvalue weighted by Crippen LogP contribution is 2.13. The molecule has 110 valence electrons. The van der Waals surface area contributed by atoms with Crippen LogP contribution >= 0.6 is 0 Å². The van der Waals surface area contributed by atoms with Gasteiger partial charge in [-0.15, -0.1) is 0 Å². The van der Waals surface area contributed by atoms with Crippen LogP contribution in [0.4, 0.5) is 0 Å². The van der Waals surface area contributed by atoms with E-state index in [9.17, 15) is 9.59 Å². The van der Waals surface area contributed by atoms with Gasteiger partial charge in [-0.25, -0.2) is 0 Å². The van der Waals surface area contributed by atoms with Gasteiger partial charge in [-0.1, -0.05) is 32.0 Å². The molecule has 0 radical (unpaired) electrons. The van der Waals surface area contributed by atoms with Gasteiger partial charge in [-0.2, -0.15) is 0 Å². The molecule has 5 heteroatoms. The quantitative estimate of drug-likeness (QED) is 0.771. The Bertz CT molecular complexity index is 472. The van der Waals surface area contributed by atoms with E-state index in [-0.39, 0.29) is 18.4 Å². The van der Waals surface area contributed by atoms with Crippen molar-refractivity contribution in [2.75, 3.05) is 19.6 Å². The fraction of sp³-hybridized carbons (Fsp3) is 0.467. The van der Waals surface area contributed by atoms with E-state index in [0.29, 0.717) is 25.1 Å². The number of benzene rings is 1. The molecule has 1 aromatic rings. The van der Waals surface area contributed by atoms with Crippen molar-refractivity contribution in [1.82, 2.24) is 4.90 Å². The van der Waals surface area contributed by atoms with Crippen LogP contribution in [0.2, 0.25) is 0 Å². The Balaban J connectivity index is 3.01. The molecule has 0 spiro atoms. The Labute approximate surface area is 119 Å². The Hall–Kier alpha value is -1.88. The third kappa shape index (κ3) is 4.66. The zero-order valence-electron chi connectivity index (χ0n) is 12.1. The van der Waals surface area contributed by atoms with Crippen molar-refractivity contribution in [3.63, 3.8) is 0 Å². The third-order valence-corrected chi connectivity index (χ3v) is 2.88. The molecule has 0 bridgehead atoms. The maximum atomic E-state index is 12.6. The van der Waals surface area contributed by atoms with E-state index in [1.165, 1.54) is 4.90 Å². The molecular weight excluding hydrogens is 254 g/mol. The van der Waals surface area contributed by atoms with Crippen molar-refractivity contribution in [3.8, 4) is 0 Å². The smallest absolute Gasteiger partial charge is 0.254 e. The summed E-state index contributed by atoms with van der Waals surface area (Å²) >= 11 is 0. The number of hydrogen-bond donors (Lipinski definition) is 2. The van der Waals surface area contributed by atoms with Gasteiger partial charge >= 0.3 is 0 Å². The molecular formula is C15H23N3O2. The van der Waals surface area contributed by atoms with E-state index in [1.54, 1.807) is 6.07 Å². The lowest BCUT2D eigenvalue weighted by Gasteiger charge is -2.24. The monoisotopic (exact) mass is 277 g/mol. The molecule has 1 rings (SSSR count). The van der Waals surface area contributed by atoms with Crippen LogP contribution in [-0.2, 0) is 11.2 Å². The zero-order valence-corrected chi connectivity index (χ0v) is 12.1. The highest BCUT2D eigenvalue weighted by Gasteiger charge is 2.20. The number of hydrogen-bond acceptors (Lipinski definition) is 3. The zero-order chi connectivity index (χ0) is 15.1. The number of carbonyl (C=O) groups excluding carboxylic acids is 2. The van der Waals surface area contributed by atoms with Crippen LogP contribution in [0.25, 0.3) is 0 Å². The molecule has 0 saturated carbocycles. The molecule has 0 aromatic heterocycles. The lowest BCUT2D eigenvalue weighted by atomic mass is 10.0. The van der Waals surface area contributed by atoms with E-state index in [2.05, 4.69) is 0 Å². The number of rotatable bonds is 7. The summed E-state index contributed by atoms with van der Waals surface area (Å²) in [4.78, 5) is 25.2. The van der Waals surface area contributed by atoms with E-state index in [1.807, 2.05) is 32.0 Å². The van der Waals surface area contributed by atoms with E-state index < -0.39 is 5.91 Å². The van der Waals surface area contributed by atoms with Crippen LogP contribution in [0.1, 0.15) is 29.8 Å².